The summed E-state index contributed by atoms with van der Waals surface area (Å²) in [6.07, 6.45) is -1.11. The number of carbonyl (C=O) groups is 1. The molecule has 0 saturated heterocycles. The molecule has 5 aromatic rings. The van der Waals surface area contributed by atoms with E-state index in [4.69, 9.17) is 4.74 Å². The molecule has 0 saturated carbocycles. The molecule has 0 fully saturated rings. The van der Waals surface area contributed by atoms with E-state index in [1.165, 1.54) is 18.2 Å². The minimum atomic E-state index is -4.57. The second-order valence-electron chi connectivity index (χ2n) is 7.44. The van der Waals surface area contributed by atoms with Crippen molar-refractivity contribution in [3.63, 3.8) is 0 Å². The molecule has 0 aliphatic carbocycles. The van der Waals surface area contributed by atoms with E-state index < -0.39 is 17.6 Å². The molecule has 0 bridgehead atoms. The molecule has 3 heterocycles. The second kappa shape index (κ2) is 8.95. The lowest BCUT2D eigenvalue weighted by Gasteiger charge is -2.13. The number of para-hydroxylation sites is 1. The molecule has 0 spiro atoms. The number of methoxy groups -OCH3 is 1. The van der Waals surface area contributed by atoms with Crippen LogP contribution < -0.4 is 10.1 Å². The number of carbonyl (C=O) groups excluding carboxylic acids is 1. The lowest BCUT2D eigenvalue weighted by molar-refractivity contribution is -0.137. The monoisotopic (exact) mass is 498 g/mol. The Morgan fingerprint density at radius 2 is 1.86 bits per heavy atom. The van der Waals surface area contributed by atoms with Crippen LogP contribution in [0.2, 0.25) is 0 Å². The molecule has 0 aliphatic rings. The Bertz CT molecular complexity index is 1530. The van der Waals surface area contributed by atoms with E-state index in [1.807, 2.05) is 30.3 Å². The van der Waals surface area contributed by atoms with Gasteiger partial charge in [-0.2, -0.15) is 18.3 Å². The second-order valence-corrected chi connectivity index (χ2v) is 8.38. The van der Waals surface area contributed by atoms with Crippen molar-refractivity contribution in [3.05, 3.63) is 72.6 Å². The Kier molecular flexibility index (Phi) is 5.81. The molecule has 2 aromatic carbocycles. The molecule has 8 nitrogen and oxygen atoms in total. The number of aromatic nitrogens is 5. The van der Waals surface area contributed by atoms with E-state index >= 15 is 0 Å². The first-order chi connectivity index (χ1) is 16.8. The third-order valence-corrected chi connectivity index (χ3v) is 6.15. The van der Waals surface area contributed by atoms with Gasteiger partial charge < -0.3 is 10.1 Å². The third kappa shape index (κ3) is 4.52. The fourth-order valence-electron chi connectivity index (χ4n) is 3.55. The molecule has 35 heavy (non-hydrogen) atoms. The highest BCUT2D eigenvalue weighted by atomic mass is 32.2. The minimum Gasteiger partial charge on any atom is -0.497 e. The summed E-state index contributed by atoms with van der Waals surface area (Å²) in [6.45, 7) is 0. The molecule has 1 N–H and O–H groups in total. The molecule has 0 radical (unpaired) electrons. The van der Waals surface area contributed by atoms with Gasteiger partial charge in [-0.1, -0.05) is 23.9 Å². The van der Waals surface area contributed by atoms with Gasteiger partial charge in [0.05, 0.1) is 29.8 Å². The Balaban J connectivity index is 1.35. The standard InChI is InChI=1S/C23H17F3N6O2S/c1-34-15-8-6-14(7-9-15)18-12-19-21-28-29-22(31(21)10-11-32(19)30-18)35-13-20(33)27-17-5-3-2-4-16(17)23(24,25)26/h2-12H,13H2,1H3,(H,27,33). The Morgan fingerprint density at radius 3 is 2.60 bits per heavy atom. The number of anilines is 1. The van der Waals surface area contributed by atoms with Gasteiger partial charge >= 0.3 is 6.18 Å². The lowest BCUT2D eigenvalue weighted by atomic mass is 10.1. The highest BCUT2D eigenvalue weighted by molar-refractivity contribution is 7.99. The molecule has 178 valence electrons. The van der Waals surface area contributed by atoms with Gasteiger partial charge in [-0.25, -0.2) is 4.52 Å². The Morgan fingerprint density at radius 1 is 1.09 bits per heavy atom. The number of benzene rings is 2. The summed E-state index contributed by atoms with van der Waals surface area (Å²) in [5, 5.41) is 15.7. The molecule has 12 heteroatoms. The first-order valence-electron chi connectivity index (χ1n) is 10.3. The first-order valence-corrected chi connectivity index (χ1v) is 11.3. The lowest BCUT2D eigenvalue weighted by Crippen LogP contribution is -2.18. The van der Waals surface area contributed by atoms with Crippen LogP contribution in [-0.4, -0.2) is 43.0 Å². The van der Waals surface area contributed by atoms with Gasteiger partial charge in [0.25, 0.3) is 0 Å². The molecule has 3 aromatic heterocycles. The molecular weight excluding hydrogens is 481 g/mol. The van der Waals surface area contributed by atoms with Crippen LogP contribution >= 0.6 is 11.8 Å². The van der Waals surface area contributed by atoms with E-state index in [1.54, 1.807) is 28.4 Å². The van der Waals surface area contributed by atoms with Crippen LogP contribution in [0.1, 0.15) is 5.56 Å². The number of hydrogen-bond acceptors (Lipinski definition) is 6. The number of halogens is 3. The number of rotatable bonds is 6. The molecule has 0 aliphatic heterocycles. The van der Waals surface area contributed by atoms with Crippen molar-refractivity contribution in [1.82, 2.24) is 24.2 Å². The number of alkyl halides is 3. The number of nitrogens with zero attached hydrogens (tertiary/aromatic N) is 5. The van der Waals surface area contributed by atoms with Crippen molar-refractivity contribution < 1.29 is 22.7 Å². The van der Waals surface area contributed by atoms with Crippen molar-refractivity contribution in [1.29, 1.82) is 0 Å². The maximum absolute atomic E-state index is 13.2. The normalized spacial score (nSPS) is 11.8. The van der Waals surface area contributed by atoms with E-state index in [-0.39, 0.29) is 11.4 Å². The smallest absolute Gasteiger partial charge is 0.418 e. The van der Waals surface area contributed by atoms with E-state index in [9.17, 15) is 18.0 Å². The predicted molar refractivity (Wildman–Crippen MR) is 125 cm³/mol. The average molecular weight is 498 g/mol. The molecule has 5 rings (SSSR count). The zero-order valence-corrected chi connectivity index (χ0v) is 19.0. The van der Waals surface area contributed by atoms with Gasteiger partial charge in [-0.3, -0.25) is 9.20 Å². The van der Waals surface area contributed by atoms with E-state index in [0.717, 1.165) is 34.8 Å². The topological polar surface area (TPSA) is 85.8 Å². The van der Waals surface area contributed by atoms with Gasteiger partial charge in [0.15, 0.2) is 10.8 Å². The number of nitrogens with one attached hydrogen (secondary N) is 1. The van der Waals surface area contributed by atoms with Gasteiger partial charge in [0.1, 0.15) is 11.3 Å². The van der Waals surface area contributed by atoms with Crippen LogP contribution in [0.3, 0.4) is 0 Å². The first kappa shape index (κ1) is 22.7. The molecule has 1 amide bonds. The Hall–Kier alpha value is -4.06. The van der Waals surface area contributed by atoms with Crippen molar-refractivity contribution in [3.8, 4) is 17.0 Å². The largest absolute Gasteiger partial charge is 0.497 e. The summed E-state index contributed by atoms with van der Waals surface area (Å²) in [6, 6.07) is 14.2. The Labute approximate surface area is 200 Å². The maximum atomic E-state index is 13.2. The number of ether oxygens (including phenoxy) is 1. The van der Waals surface area contributed by atoms with Gasteiger partial charge in [-0.05, 0) is 42.5 Å². The highest BCUT2D eigenvalue weighted by Gasteiger charge is 2.33. The third-order valence-electron chi connectivity index (χ3n) is 5.21. The van der Waals surface area contributed by atoms with E-state index in [0.29, 0.717) is 16.3 Å². The SMILES string of the molecule is COc1ccc(-c2cc3c4nnc(SCC(=O)Nc5ccccc5C(F)(F)F)n4ccn3n2)cc1. The fraction of sp³-hybridized carbons (Fsp3) is 0.130. The van der Waals surface area contributed by atoms with Crippen LogP contribution in [0.5, 0.6) is 5.75 Å². The predicted octanol–water partition coefficient (Wildman–Crippen LogP) is 4.80. The zero-order chi connectivity index (χ0) is 24.6. The summed E-state index contributed by atoms with van der Waals surface area (Å²) < 4.78 is 48.1. The van der Waals surface area contributed by atoms with Crippen LogP contribution in [0, 0.1) is 0 Å². The van der Waals surface area contributed by atoms with Gasteiger partial charge in [0.2, 0.25) is 5.91 Å². The number of hydrogen-bond donors (Lipinski definition) is 1. The number of fused-ring (bicyclic) bond motifs is 3. The molecular formula is C23H17F3N6O2S. The van der Waals surface area contributed by atoms with Crippen LogP contribution in [0.4, 0.5) is 18.9 Å². The summed E-state index contributed by atoms with van der Waals surface area (Å²) in [7, 11) is 1.60. The summed E-state index contributed by atoms with van der Waals surface area (Å²) in [5.74, 6) is 0.00904. The molecule has 0 atom stereocenters. The van der Waals surface area contributed by atoms with Gasteiger partial charge in [-0.15, -0.1) is 10.2 Å². The van der Waals surface area contributed by atoms with Crippen LogP contribution in [0.25, 0.3) is 22.4 Å². The van der Waals surface area contributed by atoms with Crippen LogP contribution in [-0.2, 0) is 11.0 Å². The van der Waals surface area contributed by atoms with Crippen molar-refractivity contribution in [2.24, 2.45) is 0 Å². The van der Waals surface area contributed by atoms with Crippen molar-refractivity contribution in [2.75, 3.05) is 18.2 Å². The number of amides is 1. The van der Waals surface area contributed by atoms with Crippen molar-refractivity contribution >= 4 is 34.5 Å². The average Bonchev–Trinajstić information content (AvgIpc) is 3.46. The summed E-state index contributed by atoms with van der Waals surface area (Å²) in [5.41, 5.74) is 1.69. The minimum absolute atomic E-state index is 0.144. The van der Waals surface area contributed by atoms with Gasteiger partial charge in [0, 0.05) is 18.0 Å². The zero-order valence-electron chi connectivity index (χ0n) is 18.2. The van der Waals surface area contributed by atoms with E-state index in [2.05, 4.69) is 20.6 Å². The number of thioether (sulfide) groups is 1. The molecule has 0 unspecified atom stereocenters. The maximum Gasteiger partial charge on any atom is 0.418 e. The quantitative estimate of drug-likeness (QED) is 0.339. The van der Waals surface area contributed by atoms with Crippen LogP contribution in [0.15, 0.2) is 72.1 Å². The summed E-state index contributed by atoms with van der Waals surface area (Å²) in [4.78, 5) is 12.4. The highest BCUT2D eigenvalue weighted by Crippen LogP contribution is 2.34. The fourth-order valence-corrected chi connectivity index (χ4v) is 4.27. The summed E-state index contributed by atoms with van der Waals surface area (Å²) >= 11 is 1.07. The van der Waals surface area contributed by atoms with Crippen molar-refractivity contribution in [2.45, 2.75) is 11.3 Å².